The fourth-order valence-corrected chi connectivity index (χ4v) is 1.38. The van der Waals surface area contributed by atoms with Crippen molar-refractivity contribution >= 4 is 11.6 Å². The molecule has 0 heterocycles. The summed E-state index contributed by atoms with van der Waals surface area (Å²) < 4.78 is 0. The van der Waals surface area contributed by atoms with Crippen LogP contribution in [0.4, 0.5) is 5.69 Å². The molecule has 0 radical (unpaired) electrons. The SMILES string of the molecule is C=C(CC)Cc1ccccc1NC(C)=O. The molecular formula is C13H17NO. The third kappa shape index (κ3) is 3.58. The number of nitrogens with one attached hydrogen (secondary N) is 1. The third-order valence-corrected chi connectivity index (χ3v) is 2.27. The lowest BCUT2D eigenvalue weighted by Crippen LogP contribution is -2.08. The molecule has 0 aliphatic heterocycles. The van der Waals surface area contributed by atoms with Gasteiger partial charge in [0.25, 0.3) is 0 Å². The maximum Gasteiger partial charge on any atom is 0.221 e. The van der Waals surface area contributed by atoms with Gasteiger partial charge < -0.3 is 5.32 Å². The molecule has 0 fully saturated rings. The number of carbonyl (C=O) groups excluding carboxylic acids is 1. The van der Waals surface area contributed by atoms with Crippen LogP contribution in [0.2, 0.25) is 0 Å². The lowest BCUT2D eigenvalue weighted by atomic mass is 10.0. The van der Waals surface area contributed by atoms with E-state index in [0.29, 0.717) is 0 Å². The van der Waals surface area contributed by atoms with Gasteiger partial charge in [-0.1, -0.05) is 37.3 Å². The van der Waals surface area contributed by atoms with Crippen molar-refractivity contribution in [1.82, 2.24) is 0 Å². The molecule has 1 N–H and O–H groups in total. The van der Waals surface area contributed by atoms with Crippen molar-refractivity contribution in [3.8, 4) is 0 Å². The fourth-order valence-electron chi connectivity index (χ4n) is 1.38. The van der Waals surface area contributed by atoms with E-state index >= 15 is 0 Å². The number of amides is 1. The van der Waals surface area contributed by atoms with Crippen LogP contribution in [0.3, 0.4) is 0 Å². The second kappa shape index (κ2) is 5.35. The predicted octanol–water partition coefficient (Wildman–Crippen LogP) is 3.15. The Morgan fingerprint density at radius 1 is 1.40 bits per heavy atom. The first-order valence-electron chi connectivity index (χ1n) is 5.15. The zero-order valence-corrected chi connectivity index (χ0v) is 9.34. The summed E-state index contributed by atoms with van der Waals surface area (Å²) in [5.74, 6) is -0.0374. The highest BCUT2D eigenvalue weighted by Gasteiger charge is 2.03. The highest BCUT2D eigenvalue weighted by Crippen LogP contribution is 2.19. The van der Waals surface area contributed by atoms with Crippen LogP contribution in [0.1, 0.15) is 25.8 Å². The highest BCUT2D eigenvalue weighted by molar-refractivity contribution is 5.89. The molecule has 0 aliphatic carbocycles. The number of rotatable bonds is 4. The van der Waals surface area contributed by atoms with Crippen molar-refractivity contribution in [1.29, 1.82) is 0 Å². The normalized spacial score (nSPS) is 9.73. The first-order valence-corrected chi connectivity index (χ1v) is 5.15. The molecule has 0 aromatic heterocycles. The summed E-state index contributed by atoms with van der Waals surface area (Å²) in [6, 6.07) is 7.83. The Morgan fingerprint density at radius 3 is 2.67 bits per heavy atom. The van der Waals surface area contributed by atoms with E-state index in [-0.39, 0.29) is 5.91 Å². The zero-order chi connectivity index (χ0) is 11.3. The van der Waals surface area contributed by atoms with E-state index in [0.717, 1.165) is 24.1 Å². The quantitative estimate of drug-likeness (QED) is 0.748. The first kappa shape index (κ1) is 11.5. The largest absolute Gasteiger partial charge is 0.326 e. The number of para-hydroxylation sites is 1. The van der Waals surface area contributed by atoms with E-state index in [4.69, 9.17) is 0 Å². The van der Waals surface area contributed by atoms with Crippen molar-refractivity contribution in [2.45, 2.75) is 26.7 Å². The van der Waals surface area contributed by atoms with E-state index in [2.05, 4.69) is 18.8 Å². The van der Waals surface area contributed by atoms with Gasteiger partial charge in [0.15, 0.2) is 0 Å². The molecule has 0 saturated carbocycles. The average molecular weight is 203 g/mol. The Morgan fingerprint density at radius 2 is 2.07 bits per heavy atom. The van der Waals surface area contributed by atoms with E-state index < -0.39 is 0 Å². The molecule has 1 aromatic rings. The van der Waals surface area contributed by atoms with Gasteiger partial charge in [0, 0.05) is 12.6 Å². The summed E-state index contributed by atoms with van der Waals surface area (Å²) in [5, 5.41) is 2.82. The molecule has 0 saturated heterocycles. The van der Waals surface area contributed by atoms with Crippen molar-refractivity contribution in [2.75, 3.05) is 5.32 Å². The lowest BCUT2D eigenvalue weighted by Gasteiger charge is -2.10. The molecule has 2 heteroatoms. The first-order chi connectivity index (χ1) is 7.13. The summed E-state index contributed by atoms with van der Waals surface area (Å²) in [6.45, 7) is 7.58. The maximum atomic E-state index is 11.0. The second-order valence-corrected chi connectivity index (χ2v) is 3.62. The molecule has 1 aromatic carbocycles. The monoisotopic (exact) mass is 203 g/mol. The van der Waals surface area contributed by atoms with Crippen LogP contribution in [0.25, 0.3) is 0 Å². The summed E-state index contributed by atoms with van der Waals surface area (Å²) in [7, 11) is 0. The molecule has 15 heavy (non-hydrogen) atoms. The Labute approximate surface area is 91.0 Å². The zero-order valence-electron chi connectivity index (χ0n) is 9.34. The van der Waals surface area contributed by atoms with Crippen LogP contribution in [-0.2, 0) is 11.2 Å². The minimum atomic E-state index is -0.0374. The average Bonchev–Trinajstić information content (AvgIpc) is 2.20. The summed E-state index contributed by atoms with van der Waals surface area (Å²) >= 11 is 0. The minimum Gasteiger partial charge on any atom is -0.326 e. The van der Waals surface area contributed by atoms with Crippen LogP contribution in [0.5, 0.6) is 0 Å². The maximum absolute atomic E-state index is 11.0. The Balaban J connectivity index is 2.85. The van der Waals surface area contributed by atoms with E-state index in [1.54, 1.807) is 0 Å². The minimum absolute atomic E-state index is 0.0374. The van der Waals surface area contributed by atoms with Gasteiger partial charge in [-0.25, -0.2) is 0 Å². The van der Waals surface area contributed by atoms with Gasteiger partial charge in [-0.05, 0) is 24.5 Å². The molecule has 1 amide bonds. The molecule has 1 rings (SSSR count). The summed E-state index contributed by atoms with van der Waals surface area (Å²) in [5.41, 5.74) is 3.19. The molecule has 0 unspecified atom stereocenters. The number of carbonyl (C=O) groups is 1. The number of benzene rings is 1. The molecule has 0 aliphatic rings. The molecule has 80 valence electrons. The van der Waals surface area contributed by atoms with Crippen molar-refractivity contribution in [2.24, 2.45) is 0 Å². The van der Waals surface area contributed by atoms with Gasteiger partial charge in [-0.15, -0.1) is 0 Å². The van der Waals surface area contributed by atoms with Crippen molar-refractivity contribution in [3.05, 3.63) is 42.0 Å². The van der Waals surface area contributed by atoms with Crippen LogP contribution in [0, 0.1) is 0 Å². The van der Waals surface area contributed by atoms with E-state index in [1.165, 1.54) is 12.5 Å². The lowest BCUT2D eigenvalue weighted by molar-refractivity contribution is -0.114. The van der Waals surface area contributed by atoms with Crippen LogP contribution < -0.4 is 5.32 Å². The van der Waals surface area contributed by atoms with Crippen molar-refractivity contribution < 1.29 is 4.79 Å². The molecule has 0 spiro atoms. The standard InChI is InChI=1S/C13H17NO/c1-4-10(2)9-12-7-5-6-8-13(12)14-11(3)15/h5-8H,2,4,9H2,1,3H3,(H,14,15). The number of hydrogen-bond acceptors (Lipinski definition) is 1. The van der Waals surface area contributed by atoms with Gasteiger partial charge in [0.1, 0.15) is 0 Å². The molecule has 2 nitrogen and oxygen atoms in total. The molecular weight excluding hydrogens is 186 g/mol. The van der Waals surface area contributed by atoms with Gasteiger partial charge in [-0.2, -0.15) is 0 Å². The second-order valence-electron chi connectivity index (χ2n) is 3.62. The molecule has 0 bridgehead atoms. The van der Waals surface area contributed by atoms with Gasteiger partial charge in [0.05, 0.1) is 0 Å². The highest BCUT2D eigenvalue weighted by atomic mass is 16.1. The summed E-state index contributed by atoms with van der Waals surface area (Å²) in [4.78, 5) is 11.0. The number of allylic oxidation sites excluding steroid dienone is 1. The smallest absolute Gasteiger partial charge is 0.221 e. The van der Waals surface area contributed by atoms with E-state index in [1.807, 2.05) is 24.3 Å². The van der Waals surface area contributed by atoms with Gasteiger partial charge >= 0.3 is 0 Å². The summed E-state index contributed by atoms with van der Waals surface area (Å²) in [6.07, 6.45) is 1.79. The van der Waals surface area contributed by atoms with Gasteiger partial charge in [0.2, 0.25) is 5.91 Å². The topological polar surface area (TPSA) is 29.1 Å². The van der Waals surface area contributed by atoms with Crippen LogP contribution >= 0.6 is 0 Å². The number of anilines is 1. The Hall–Kier alpha value is -1.57. The van der Waals surface area contributed by atoms with Crippen molar-refractivity contribution in [3.63, 3.8) is 0 Å². The Bertz CT molecular complexity index is 369. The van der Waals surface area contributed by atoms with Crippen LogP contribution in [-0.4, -0.2) is 5.91 Å². The predicted molar refractivity (Wildman–Crippen MR) is 63.9 cm³/mol. The third-order valence-electron chi connectivity index (χ3n) is 2.27. The fraction of sp³-hybridized carbons (Fsp3) is 0.308. The number of hydrogen-bond donors (Lipinski definition) is 1. The van der Waals surface area contributed by atoms with Crippen LogP contribution in [0.15, 0.2) is 36.4 Å². The van der Waals surface area contributed by atoms with Gasteiger partial charge in [-0.3, -0.25) is 4.79 Å². The Kier molecular flexibility index (Phi) is 4.10. The molecule has 0 atom stereocenters. The van der Waals surface area contributed by atoms with E-state index in [9.17, 15) is 4.79 Å².